The Hall–Kier alpha value is -3.97. The van der Waals surface area contributed by atoms with Crippen molar-refractivity contribution in [1.29, 1.82) is 0 Å². The number of hydrogen-bond donors (Lipinski definition) is 4. The molecule has 3 amide bonds. The third-order valence-corrected chi connectivity index (χ3v) is 4.68. The lowest BCUT2D eigenvalue weighted by molar-refractivity contribution is -0.117. The molecule has 0 spiro atoms. The fourth-order valence-corrected chi connectivity index (χ4v) is 2.92. The van der Waals surface area contributed by atoms with E-state index >= 15 is 0 Å². The minimum absolute atomic E-state index is 0.0784. The van der Waals surface area contributed by atoms with Crippen LogP contribution in [0.15, 0.2) is 30.3 Å². The lowest BCUT2D eigenvalue weighted by Gasteiger charge is -2.19. The number of nitrogens with one attached hydrogen (secondary N) is 4. The van der Waals surface area contributed by atoms with Crippen LogP contribution in [-0.4, -0.2) is 80.8 Å². The van der Waals surface area contributed by atoms with E-state index in [1.165, 1.54) is 7.11 Å². The monoisotopic (exact) mass is 532 g/mol. The number of hydrogen-bond acceptors (Lipinski definition) is 10. The van der Waals surface area contributed by atoms with Crippen molar-refractivity contribution in [3.63, 3.8) is 0 Å². The Morgan fingerprint density at radius 2 is 1.66 bits per heavy atom. The van der Waals surface area contributed by atoms with Crippen molar-refractivity contribution in [3.8, 4) is 5.88 Å². The van der Waals surface area contributed by atoms with Gasteiger partial charge in [-0.1, -0.05) is 0 Å². The van der Waals surface area contributed by atoms with Crippen LogP contribution >= 0.6 is 0 Å². The zero-order valence-electron chi connectivity index (χ0n) is 22.4. The lowest BCUT2D eigenvalue weighted by Crippen LogP contribution is -2.34. The molecule has 0 aliphatic rings. The zero-order chi connectivity index (χ0) is 28.0. The highest BCUT2D eigenvalue weighted by molar-refractivity contribution is 6.10. The van der Waals surface area contributed by atoms with E-state index < -0.39 is 17.6 Å². The van der Waals surface area contributed by atoms with E-state index in [1.807, 2.05) is 0 Å². The third kappa shape index (κ3) is 11.4. The fourth-order valence-electron chi connectivity index (χ4n) is 2.92. The first-order valence-electron chi connectivity index (χ1n) is 12.0. The van der Waals surface area contributed by atoms with Gasteiger partial charge in [-0.3, -0.25) is 9.59 Å². The van der Waals surface area contributed by atoms with Crippen molar-refractivity contribution in [3.05, 3.63) is 35.9 Å². The van der Waals surface area contributed by atoms with Crippen molar-refractivity contribution in [1.82, 2.24) is 15.5 Å². The average molecular weight is 533 g/mol. The largest absolute Gasteiger partial charge is 0.480 e. The second-order valence-corrected chi connectivity index (χ2v) is 8.88. The highest BCUT2D eigenvalue weighted by atomic mass is 16.6. The number of carbonyl (C=O) groups is 3. The van der Waals surface area contributed by atoms with Gasteiger partial charge in [-0.25, -0.2) is 4.79 Å². The molecule has 1 aromatic carbocycles. The second-order valence-electron chi connectivity index (χ2n) is 8.88. The van der Waals surface area contributed by atoms with Crippen LogP contribution in [0.1, 0.15) is 37.6 Å². The number of alkyl carbamates (subject to hydrolysis) is 1. The summed E-state index contributed by atoms with van der Waals surface area (Å²) >= 11 is 0. The lowest BCUT2D eigenvalue weighted by atomic mass is 10.1. The fraction of sp³-hybridized carbons (Fsp3) is 0.480. The van der Waals surface area contributed by atoms with Crippen LogP contribution in [0, 0.1) is 0 Å². The van der Waals surface area contributed by atoms with Gasteiger partial charge >= 0.3 is 6.09 Å². The number of aromatic nitrogens is 2. The molecule has 0 radical (unpaired) electrons. The van der Waals surface area contributed by atoms with E-state index in [4.69, 9.17) is 18.9 Å². The summed E-state index contributed by atoms with van der Waals surface area (Å²) in [6.07, 6.45) is -0.423. The van der Waals surface area contributed by atoms with Gasteiger partial charge in [-0.2, -0.15) is 0 Å². The number of methoxy groups -OCH3 is 1. The van der Waals surface area contributed by atoms with E-state index in [-0.39, 0.29) is 36.9 Å². The summed E-state index contributed by atoms with van der Waals surface area (Å²) in [7, 11) is 3.20. The van der Waals surface area contributed by atoms with Crippen LogP contribution in [0.5, 0.6) is 5.88 Å². The van der Waals surface area contributed by atoms with E-state index in [0.717, 1.165) is 5.69 Å². The first-order chi connectivity index (χ1) is 18.1. The highest BCUT2D eigenvalue weighted by Crippen LogP contribution is 2.22. The van der Waals surface area contributed by atoms with Gasteiger partial charge in [0.2, 0.25) is 11.8 Å². The Balaban J connectivity index is 1.74. The number of rotatable bonds is 14. The molecule has 0 unspecified atom stereocenters. The van der Waals surface area contributed by atoms with Crippen molar-refractivity contribution >= 4 is 35.1 Å². The minimum Gasteiger partial charge on any atom is -0.480 e. The molecule has 4 N–H and O–H groups in total. The predicted molar refractivity (Wildman–Crippen MR) is 142 cm³/mol. The number of carbonyl (C=O) groups excluding carboxylic acids is 3. The molecule has 0 atom stereocenters. The SMILES string of the molecule is CNc1ccc(C(=O)Nc2ccc(OC)nn2)c(NC(=O)CCOCCOCCNC(=O)OC(C)(C)C)c1. The van der Waals surface area contributed by atoms with Crippen molar-refractivity contribution in [2.75, 3.05) is 63.1 Å². The third-order valence-electron chi connectivity index (χ3n) is 4.68. The summed E-state index contributed by atoms with van der Waals surface area (Å²) < 4.78 is 20.9. The molecular weight excluding hydrogens is 496 g/mol. The summed E-state index contributed by atoms with van der Waals surface area (Å²) in [6.45, 7) is 6.73. The van der Waals surface area contributed by atoms with Gasteiger partial charge in [0.25, 0.3) is 5.91 Å². The number of benzene rings is 1. The highest BCUT2D eigenvalue weighted by Gasteiger charge is 2.16. The maximum absolute atomic E-state index is 12.8. The Morgan fingerprint density at radius 3 is 2.29 bits per heavy atom. The molecule has 0 bridgehead atoms. The summed E-state index contributed by atoms with van der Waals surface area (Å²) in [4.78, 5) is 36.9. The van der Waals surface area contributed by atoms with Gasteiger partial charge < -0.3 is 40.2 Å². The maximum Gasteiger partial charge on any atom is 0.407 e. The quantitative estimate of drug-likeness (QED) is 0.266. The molecule has 13 heteroatoms. The Kier molecular flexibility index (Phi) is 12.2. The van der Waals surface area contributed by atoms with E-state index in [1.54, 1.807) is 58.2 Å². The van der Waals surface area contributed by atoms with Gasteiger partial charge in [-0.05, 0) is 45.0 Å². The summed E-state index contributed by atoms with van der Waals surface area (Å²) in [5.74, 6) is -0.226. The second kappa shape index (κ2) is 15.3. The topological polar surface area (TPSA) is 162 Å². The van der Waals surface area contributed by atoms with Gasteiger partial charge in [0.15, 0.2) is 5.82 Å². The summed E-state index contributed by atoms with van der Waals surface area (Å²) in [6, 6.07) is 8.10. The molecule has 0 aliphatic heterocycles. The van der Waals surface area contributed by atoms with Crippen LogP contribution in [0.4, 0.5) is 22.0 Å². The van der Waals surface area contributed by atoms with Crippen LogP contribution in [0.25, 0.3) is 0 Å². The molecule has 0 fully saturated rings. The number of nitrogens with zero attached hydrogens (tertiary/aromatic N) is 2. The van der Waals surface area contributed by atoms with Crippen molar-refractivity contribution in [2.24, 2.45) is 0 Å². The summed E-state index contributed by atoms with van der Waals surface area (Å²) in [5, 5.41) is 18.7. The van der Waals surface area contributed by atoms with E-state index in [0.29, 0.717) is 31.3 Å². The van der Waals surface area contributed by atoms with Crippen LogP contribution in [0.2, 0.25) is 0 Å². The molecule has 208 valence electrons. The average Bonchev–Trinajstić information content (AvgIpc) is 2.87. The van der Waals surface area contributed by atoms with Gasteiger partial charge in [-0.15, -0.1) is 10.2 Å². The van der Waals surface area contributed by atoms with Gasteiger partial charge in [0, 0.05) is 25.3 Å². The molecule has 13 nitrogen and oxygen atoms in total. The number of amides is 3. The Labute approximate surface area is 222 Å². The number of ether oxygens (including phenoxy) is 4. The first-order valence-corrected chi connectivity index (χ1v) is 12.0. The molecule has 0 aliphatic carbocycles. The smallest absolute Gasteiger partial charge is 0.407 e. The van der Waals surface area contributed by atoms with Gasteiger partial charge in [0.1, 0.15) is 5.60 Å². The van der Waals surface area contributed by atoms with Crippen molar-refractivity contribution < 1.29 is 33.3 Å². The summed E-state index contributed by atoms with van der Waals surface area (Å²) in [5.41, 5.74) is 0.753. The molecule has 2 aromatic rings. The Bertz CT molecular complexity index is 1060. The predicted octanol–water partition coefficient (Wildman–Crippen LogP) is 2.67. The normalized spacial score (nSPS) is 10.9. The molecule has 1 aromatic heterocycles. The van der Waals surface area contributed by atoms with Gasteiger partial charge in [0.05, 0.1) is 51.2 Å². The molecule has 0 saturated carbocycles. The maximum atomic E-state index is 12.8. The molecule has 2 rings (SSSR count). The molecular formula is C25H36N6O7. The van der Waals surface area contributed by atoms with Crippen molar-refractivity contribution in [2.45, 2.75) is 32.8 Å². The molecule has 0 saturated heterocycles. The van der Waals surface area contributed by atoms with Crippen LogP contribution in [0.3, 0.4) is 0 Å². The standard InChI is InChI=1S/C25H36N6O7/c1-25(2,3)38-24(34)27-11-13-37-15-14-36-12-10-21(32)28-19-16-17(26-4)6-7-18(19)23(33)29-20-8-9-22(35-5)31-30-20/h6-9,16,26H,10-15H2,1-5H3,(H,27,34)(H,28,32)(H,29,30,33). The van der Waals surface area contributed by atoms with E-state index in [2.05, 4.69) is 31.5 Å². The molecule has 1 heterocycles. The zero-order valence-corrected chi connectivity index (χ0v) is 22.4. The number of anilines is 3. The van der Waals surface area contributed by atoms with Crippen LogP contribution < -0.4 is 26.0 Å². The van der Waals surface area contributed by atoms with E-state index in [9.17, 15) is 14.4 Å². The minimum atomic E-state index is -0.554. The first kappa shape index (κ1) is 30.3. The Morgan fingerprint density at radius 1 is 0.921 bits per heavy atom. The van der Waals surface area contributed by atoms with Crippen LogP contribution in [-0.2, 0) is 19.0 Å². The molecule has 38 heavy (non-hydrogen) atoms.